The van der Waals surface area contributed by atoms with E-state index < -0.39 is 24.2 Å². The lowest BCUT2D eigenvalue weighted by molar-refractivity contribution is -0.158. The van der Waals surface area contributed by atoms with E-state index in [4.69, 9.17) is 10.5 Å². The average Bonchev–Trinajstić information content (AvgIpc) is 2.97. The van der Waals surface area contributed by atoms with Crippen LogP contribution in [0.2, 0.25) is 0 Å². The molecule has 1 aliphatic rings. The average molecular weight is 268 g/mol. The predicted octanol–water partition coefficient (Wildman–Crippen LogP) is 1.29. The SMILES string of the molecule is CCOC(=O)C(C)(N)CN(CC(F)(F)F)C1CC1. The number of halogens is 3. The predicted molar refractivity (Wildman–Crippen MR) is 59.9 cm³/mol. The molecule has 1 rings (SSSR count). The third kappa shape index (κ3) is 4.81. The van der Waals surface area contributed by atoms with E-state index >= 15 is 0 Å². The second kappa shape index (κ2) is 5.44. The van der Waals surface area contributed by atoms with Gasteiger partial charge >= 0.3 is 12.1 Å². The first-order valence-corrected chi connectivity index (χ1v) is 5.92. The van der Waals surface area contributed by atoms with Crippen molar-refractivity contribution in [3.63, 3.8) is 0 Å². The lowest BCUT2D eigenvalue weighted by Gasteiger charge is -2.31. The highest BCUT2D eigenvalue weighted by molar-refractivity contribution is 5.80. The van der Waals surface area contributed by atoms with E-state index in [-0.39, 0.29) is 19.2 Å². The van der Waals surface area contributed by atoms with E-state index in [1.54, 1.807) is 6.92 Å². The van der Waals surface area contributed by atoms with Crippen LogP contribution in [0.5, 0.6) is 0 Å². The topological polar surface area (TPSA) is 55.6 Å². The summed E-state index contributed by atoms with van der Waals surface area (Å²) in [5, 5.41) is 0. The fourth-order valence-electron chi connectivity index (χ4n) is 1.77. The van der Waals surface area contributed by atoms with Gasteiger partial charge in [0, 0.05) is 12.6 Å². The lowest BCUT2D eigenvalue weighted by atomic mass is 10.0. The van der Waals surface area contributed by atoms with Crippen molar-refractivity contribution in [2.75, 3.05) is 19.7 Å². The summed E-state index contributed by atoms with van der Waals surface area (Å²) in [5.74, 6) is -0.669. The Hall–Kier alpha value is -0.820. The molecule has 0 aromatic rings. The van der Waals surface area contributed by atoms with Gasteiger partial charge in [-0.2, -0.15) is 13.2 Å². The number of ether oxygens (including phenoxy) is 1. The highest BCUT2D eigenvalue weighted by Gasteiger charge is 2.42. The van der Waals surface area contributed by atoms with Crippen LogP contribution < -0.4 is 5.73 Å². The van der Waals surface area contributed by atoms with Crippen molar-refractivity contribution in [2.24, 2.45) is 5.73 Å². The van der Waals surface area contributed by atoms with Gasteiger partial charge in [0.2, 0.25) is 0 Å². The quantitative estimate of drug-likeness (QED) is 0.738. The molecule has 18 heavy (non-hydrogen) atoms. The summed E-state index contributed by atoms with van der Waals surface area (Å²) in [6, 6.07) is -0.121. The highest BCUT2D eigenvalue weighted by atomic mass is 19.4. The number of hydrogen-bond donors (Lipinski definition) is 1. The molecule has 0 radical (unpaired) electrons. The molecule has 2 N–H and O–H groups in total. The van der Waals surface area contributed by atoms with Gasteiger partial charge in [-0.1, -0.05) is 0 Å². The molecule has 106 valence electrons. The molecule has 0 amide bonds. The summed E-state index contributed by atoms with van der Waals surface area (Å²) in [5.41, 5.74) is 4.34. The summed E-state index contributed by atoms with van der Waals surface area (Å²) in [6.07, 6.45) is -2.85. The number of nitrogens with zero attached hydrogens (tertiary/aromatic N) is 1. The van der Waals surface area contributed by atoms with Crippen LogP contribution in [0.1, 0.15) is 26.7 Å². The second-order valence-electron chi connectivity index (χ2n) is 4.89. The highest BCUT2D eigenvalue weighted by Crippen LogP contribution is 2.31. The van der Waals surface area contributed by atoms with Crippen molar-refractivity contribution in [1.82, 2.24) is 4.90 Å². The van der Waals surface area contributed by atoms with Gasteiger partial charge in [-0.25, -0.2) is 0 Å². The minimum absolute atomic E-state index is 0.121. The Bertz CT molecular complexity index is 301. The monoisotopic (exact) mass is 268 g/mol. The number of esters is 1. The molecular formula is C11H19F3N2O2. The van der Waals surface area contributed by atoms with Crippen molar-refractivity contribution < 1.29 is 22.7 Å². The smallest absolute Gasteiger partial charge is 0.401 e. The molecule has 0 aromatic heterocycles. The maximum absolute atomic E-state index is 12.4. The number of alkyl halides is 3. The number of carbonyl (C=O) groups is 1. The zero-order valence-corrected chi connectivity index (χ0v) is 10.6. The molecule has 1 unspecified atom stereocenters. The van der Waals surface area contributed by atoms with E-state index in [2.05, 4.69) is 0 Å². The van der Waals surface area contributed by atoms with Gasteiger partial charge in [0.25, 0.3) is 0 Å². The number of nitrogens with two attached hydrogens (primary N) is 1. The summed E-state index contributed by atoms with van der Waals surface area (Å²) in [4.78, 5) is 12.8. The summed E-state index contributed by atoms with van der Waals surface area (Å²) in [7, 11) is 0. The Balaban J connectivity index is 2.62. The van der Waals surface area contributed by atoms with Crippen molar-refractivity contribution >= 4 is 5.97 Å². The Morgan fingerprint density at radius 1 is 1.39 bits per heavy atom. The molecule has 0 aliphatic heterocycles. The van der Waals surface area contributed by atoms with Crippen LogP contribution in [0, 0.1) is 0 Å². The zero-order chi connectivity index (χ0) is 14.0. The standard InChI is InChI=1S/C11H19F3N2O2/c1-3-18-9(17)10(2,15)6-16(8-4-5-8)7-11(12,13)14/h8H,3-7,15H2,1-2H3. The molecule has 0 bridgehead atoms. The normalized spacial score (nSPS) is 19.7. The molecule has 0 spiro atoms. The molecule has 0 aromatic carbocycles. The Labute approximate surface area is 104 Å². The largest absolute Gasteiger partial charge is 0.465 e. The Kier molecular flexibility index (Phi) is 4.61. The van der Waals surface area contributed by atoms with Crippen molar-refractivity contribution in [3.05, 3.63) is 0 Å². The molecule has 7 heteroatoms. The molecule has 0 saturated heterocycles. The third-order valence-electron chi connectivity index (χ3n) is 2.72. The van der Waals surface area contributed by atoms with Gasteiger partial charge in [-0.3, -0.25) is 9.69 Å². The van der Waals surface area contributed by atoms with Crippen LogP contribution in [0.3, 0.4) is 0 Å². The van der Waals surface area contributed by atoms with Gasteiger partial charge < -0.3 is 10.5 Å². The molecular weight excluding hydrogens is 249 g/mol. The van der Waals surface area contributed by atoms with Crippen molar-refractivity contribution in [1.29, 1.82) is 0 Å². The minimum atomic E-state index is -4.28. The maximum atomic E-state index is 12.4. The number of rotatable bonds is 6. The summed E-state index contributed by atoms with van der Waals surface area (Å²) >= 11 is 0. The van der Waals surface area contributed by atoms with Crippen LogP contribution in [0.15, 0.2) is 0 Å². The lowest BCUT2D eigenvalue weighted by Crippen LogP contribution is -2.56. The van der Waals surface area contributed by atoms with Crippen LogP contribution in [0.25, 0.3) is 0 Å². The van der Waals surface area contributed by atoms with Gasteiger partial charge in [-0.15, -0.1) is 0 Å². The van der Waals surface area contributed by atoms with E-state index in [1.165, 1.54) is 11.8 Å². The van der Waals surface area contributed by atoms with Crippen LogP contribution in [-0.2, 0) is 9.53 Å². The van der Waals surface area contributed by atoms with Crippen LogP contribution in [-0.4, -0.2) is 48.3 Å². The second-order valence-corrected chi connectivity index (χ2v) is 4.89. The molecule has 1 saturated carbocycles. The van der Waals surface area contributed by atoms with Gasteiger partial charge in [-0.05, 0) is 26.7 Å². The van der Waals surface area contributed by atoms with E-state index in [1.807, 2.05) is 0 Å². The van der Waals surface area contributed by atoms with Crippen molar-refractivity contribution in [2.45, 2.75) is 44.4 Å². The third-order valence-corrected chi connectivity index (χ3v) is 2.72. The van der Waals surface area contributed by atoms with Gasteiger partial charge in [0.05, 0.1) is 13.2 Å². The first-order valence-electron chi connectivity index (χ1n) is 5.92. The first-order chi connectivity index (χ1) is 8.15. The molecule has 4 nitrogen and oxygen atoms in total. The van der Waals surface area contributed by atoms with E-state index in [9.17, 15) is 18.0 Å². The van der Waals surface area contributed by atoms with Gasteiger partial charge in [0.15, 0.2) is 0 Å². The zero-order valence-electron chi connectivity index (χ0n) is 10.6. The van der Waals surface area contributed by atoms with E-state index in [0.717, 1.165) is 12.8 Å². The summed E-state index contributed by atoms with van der Waals surface area (Å²) in [6.45, 7) is 2.01. The molecule has 1 atom stereocenters. The fourth-order valence-corrected chi connectivity index (χ4v) is 1.77. The van der Waals surface area contributed by atoms with E-state index in [0.29, 0.717) is 0 Å². The number of hydrogen-bond acceptors (Lipinski definition) is 4. The van der Waals surface area contributed by atoms with Crippen LogP contribution in [0.4, 0.5) is 13.2 Å². The summed E-state index contributed by atoms with van der Waals surface area (Å²) < 4.78 is 42.0. The molecule has 1 fully saturated rings. The fraction of sp³-hybridized carbons (Fsp3) is 0.909. The van der Waals surface area contributed by atoms with Crippen molar-refractivity contribution in [3.8, 4) is 0 Å². The van der Waals surface area contributed by atoms with Crippen LogP contribution >= 0.6 is 0 Å². The Morgan fingerprint density at radius 2 is 1.94 bits per heavy atom. The molecule has 1 aliphatic carbocycles. The van der Waals surface area contributed by atoms with Gasteiger partial charge in [0.1, 0.15) is 5.54 Å². The Morgan fingerprint density at radius 3 is 2.33 bits per heavy atom. The molecule has 0 heterocycles. The number of carbonyl (C=O) groups excluding carboxylic acids is 1. The first kappa shape index (κ1) is 15.2. The minimum Gasteiger partial charge on any atom is -0.465 e. The maximum Gasteiger partial charge on any atom is 0.401 e.